The number of halogens is 1. The number of fused-ring (bicyclic) bond motifs is 1. The Bertz CT molecular complexity index is 580. The lowest BCUT2D eigenvalue weighted by atomic mass is 10.0. The van der Waals surface area contributed by atoms with Gasteiger partial charge in [0.2, 0.25) is 0 Å². The van der Waals surface area contributed by atoms with Crippen LogP contribution in [0.25, 0.3) is 0 Å². The number of rotatable bonds is 0. The van der Waals surface area contributed by atoms with E-state index in [1.807, 2.05) is 0 Å². The molecule has 2 rings (SSSR count). The summed E-state index contributed by atoms with van der Waals surface area (Å²) in [6, 6.07) is 2.85. The van der Waals surface area contributed by atoms with E-state index in [0.717, 1.165) is 0 Å². The second-order valence-corrected chi connectivity index (χ2v) is 6.53. The number of nitrogens with two attached hydrogens (primary N) is 1. The molecule has 1 aromatic carbocycles. The molecule has 0 saturated heterocycles. The zero-order valence-electron chi connectivity index (χ0n) is 8.53. The SMILES string of the molecule is CC1CC(=O)c2c(N)ccc(Cl)c2S1(=O)=O. The summed E-state index contributed by atoms with van der Waals surface area (Å²) in [5, 5.41) is -0.684. The number of anilines is 1. The van der Waals surface area contributed by atoms with Gasteiger partial charge in [-0.15, -0.1) is 0 Å². The number of sulfone groups is 1. The molecule has 6 heteroatoms. The Balaban J connectivity index is 2.90. The Morgan fingerprint density at radius 3 is 2.69 bits per heavy atom. The van der Waals surface area contributed by atoms with Crippen LogP contribution in [0.2, 0.25) is 5.02 Å². The van der Waals surface area contributed by atoms with Gasteiger partial charge in [-0.3, -0.25) is 4.79 Å². The first-order valence-electron chi connectivity index (χ1n) is 4.70. The van der Waals surface area contributed by atoms with Crippen LogP contribution < -0.4 is 5.73 Å². The van der Waals surface area contributed by atoms with Gasteiger partial charge >= 0.3 is 0 Å². The molecule has 1 aromatic rings. The van der Waals surface area contributed by atoms with E-state index in [9.17, 15) is 13.2 Å². The Morgan fingerprint density at radius 2 is 2.06 bits per heavy atom. The summed E-state index contributed by atoms with van der Waals surface area (Å²) in [4.78, 5) is 11.6. The number of hydrogen-bond acceptors (Lipinski definition) is 4. The van der Waals surface area contributed by atoms with E-state index in [1.54, 1.807) is 0 Å². The number of nitrogen functional groups attached to an aromatic ring is 1. The highest BCUT2D eigenvalue weighted by Gasteiger charge is 2.38. The van der Waals surface area contributed by atoms with Crippen molar-refractivity contribution in [2.24, 2.45) is 0 Å². The van der Waals surface area contributed by atoms with Crippen molar-refractivity contribution in [3.8, 4) is 0 Å². The normalized spacial score (nSPS) is 22.9. The largest absolute Gasteiger partial charge is 0.398 e. The average Bonchev–Trinajstić information content (AvgIpc) is 2.18. The second-order valence-electron chi connectivity index (χ2n) is 3.82. The van der Waals surface area contributed by atoms with Crippen LogP contribution in [0.5, 0.6) is 0 Å². The molecule has 2 N–H and O–H groups in total. The monoisotopic (exact) mass is 259 g/mol. The molecule has 16 heavy (non-hydrogen) atoms. The Labute approximate surface area is 98.3 Å². The van der Waals surface area contributed by atoms with Gasteiger partial charge in [0.25, 0.3) is 0 Å². The summed E-state index contributed by atoms with van der Waals surface area (Å²) < 4.78 is 24.1. The summed E-state index contributed by atoms with van der Waals surface area (Å²) in [7, 11) is -3.54. The first-order valence-corrected chi connectivity index (χ1v) is 6.63. The molecule has 1 atom stereocenters. The quantitative estimate of drug-likeness (QED) is 0.719. The van der Waals surface area contributed by atoms with Crippen LogP contribution in [0.4, 0.5) is 5.69 Å². The predicted molar refractivity (Wildman–Crippen MR) is 61.5 cm³/mol. The van der Waals surface area contributed by atoms with Gasteiger partial charge < -0.3 is 5.73 Å². The van der Waals surface area contributed by atoms with E-state index >= 15 is 0 Å². The third-order valence-electron chi connectivity index (χ3n) is 2.71. The summed E-state index contributed by atoms with van der Waals surface area (Å²) >= 11 is 5.84. The summed E-state index contributed by atoms with van der Waals surface area (Å²) in [5.41, 5.74) is 5.84. The topological polar surface area (TPSA) is 77.2 Å². The van der Waals surface area contributed by atoms with Gasteiger partial charge in [0, 0.05) is 12.1 Å². The highest BCUT2D eigenvalue weighted by Crippen LogP contribution is 2.37. The van der Waals surface area contributed by atoms with Gasteiger partial charge in [0.1, 0.15) is 0 Å². The van der Waals surface area contributed by atoms with Crippen molar-refractivity contribution in [3.05, 3.63) is 22.7 Å². The first kappa shape index (κ1) is 11.4. The number of carbonyl (C=O) groups excluding carboxylic acids is 1. The highest BCUT2D eigenvalue weighted by molar-refractivity contribution is 7.92. The van der Waals surface area contributed by atoms with Crippen molar-refractivity contribution in [2.75, 3.05) is 5.73 Å². The molecule has 0 radical (unpaired) electrons. The van der Waals surface area contributed by atoms with Gasteiger partial charge in [0.15, 0.2) is 15.6 Å². The third kappa shape index (κ3) is 1.43. The van der Waals surface area contributed by atoms with Crippen LogP contribution in [0.3, 0.4) is 0 Å². The van der Waals surface area contributed by atoms with Crippen LogP contribution in [0.15, 0.2) is 17.0 Å². The predicted octanol–water partition coefficient (Wildman–Crippen LogP) is 1.67. The fraction of sp³-hybridized carbons (Fsp3) is 0.300. The number of carbonyl (C=O) groups is 1. The Kier molecular flexibility index (Phi) is 2.47. The molecule has 1 aliphatic rings. The number of ketones is 1. The van der Waals surface area contributed by atoms with E-state index in [4.69, 9.17) is 17.3 Å². The minimum absolute atomic E-state index is 0.0418. The maximum atomic E-state index is 12.0. The van der Waals surface area contributed by atoms with E-state index in [0.29, 0.717) is 0 Å². The maximum Gasteiger partial charge on any atom is 0.183 e. The smallest absolute Gasteiger partial charge is 0.183 e. The third-order valence-corrected chi connectivity index (χ3v) is 5.35. The molecule has 0 bridgehead atoms. The molecule has 0 saturated carbocycles. The summed E-state index contributed by atoms with van der Waals surface area (Å²) in [5.74, 6) is -0.266. The average molecular weight is 260 g/mol. The molecule has 0 spiro atoms. The van der Waals surface area contributed by atoms with E-state index in [2.05, 4.69) is 0 Å². The standard InChI is InChI=1S/C10H10ClNO3S/c1-5-4-8(13)9-7(12)3-2-6(11)10(9)16(5,14)15/h2-3,5H,4,12H2,1H3. The van der Waals surface area contributed by atoms with Crippen LogP contribution in [0, 0.1) is 0 Å². The zero-order chi connectivity index (χ0) is 12.1. The molecular weight excluding hydrogens is 250 g/mol. The lowest BCUT2D eigenvalue weighted by Gasteiger charge is -2.22. The minimum atomic E-state index is -3.54. The van der Waals surface area contributed by atoms with Gasteiger partial charge in [-0.05, 0) is 19.1 Å². The lowest BCUT2D eigenvalue weighted by Crippen LogP contribution is -2.30. The molecule has 0 aromatic heterocycles. The molecular formula is C10H10ClNO3S. The molecule has 86 valence electrons. The van der Waals surface area contributed by atoms with Gasteiger partial charge in [-0.1, -0.05) is 11.6 Å². The van der Waals surface area contributed by atoms with E-state index in [1.165, 1.54) is 19.1 Å². The number of benzene rings is 1. The zero-order valence-corrected chi connectivity index (χ0v) is 10.1. The molecule has 1 heterocycles. The maximum absolute atomic E-state index is 12.0. The fourth-order valence-corrected chi connectivity index (χ4v) is 3.92. The molecule has 4 nitrogen and oxygen atoms in total. The lowest BCUT2D eigenvalue weighted by molar-refractivity contribution is 0.0976. The molecule has 0 fully saturated rings. The summed E-state index contributed by atoms with van der Waals surface area (Å²) in [6.45, 7) is 1.50. The molecule has 0 aliphatic carbocycles. The van der Waals surface area contributed by atoms with Crippen molar-refractivity contribution in [2.45, 2.75) is 23.5 Å². The van der Waals surface area contributed by atoms with Crippen molar-refractivity contribution in [1.82, 2.24) is 0 Å². The Morgan fingerprint density at radius 1 is 1.44 bits per heavy atom. The minimum Gasteiger partial charge on any atom is -0.398 e. The van der Waals surface area contributed by atoms with Crippen molar-refractivity contribution < 1.29 is 13.2 Å². The molecule has 1 aliphatic heterocycles. The first-order chi connectivity index (χ1) is 7.35. The van der Waals surface area contributed by atoms with Crippen LogP contribution >= 0.6 is 11.6 Å². The van der Waals surface area contributed by atoms with E-state index < -0.39 is 15.1 Å². The molecule has 1 unspecified atom stereocenters. The van der Waals surface area contributed by atoms with Crippen molar-refractivity contribution in [3.63, 3.8) is 0 Å². The van der Waals surface area contributed by atoms with Crippen molar-refractivity contribution in [1.29, 1.82) is 0 Å². The van der Waals surface area contributed by atoms with Gasteiger partial charge in [0.05, 0.1) is 20.7 Å². The van der Waals surface area contributed by atoms with Crippen LogP contribution in [0.1, 0.15) is 23.7 Å². The summed E-state index contributed by atoms with van der Waals surface area (Å²) in [6.07, 6.45) is -0.0418. The molecule has 0 amide bonds. The van der Waals surface area contributed by atoms with Crippen molar-refractivity contribution >= 4 is 32.9 Å². The number of Topliss-reactive ketones (excluding diaryl/α,β-unsaturated/α-hetero) is 1. The van der Waals surface area contributed by atoms with Gasteiger partial charge in [-0.25, -0.2) is 8.42 Å². The highest BCUT2D eigenvalue weighted by atomic mass is 35.5. The Hall–Kier alpha value is -1.07. The van der Waals surface area contributed by atoms with Crippen LogP contribution in [-0.2, 0) is 9.84 Å². The fourth-order valence-electron chi connectivity index (χ4n) is 1.81. The van der Waals surface area contributed by atoms with E-state index in [-0.39, 0.29) is 33.4 Å². The number of hydrogen-bond donors (Lipinski definition) is 1. The van der Waals surface area contributed by atoms with Gasteiger partial charge in [-0.2, -0.15) is 0 Å². The van der Waals surface area contributed by atoms with Crippen LogP contribution in [-0.4, -0.2) is 19.5 Å². The second kappa shape index (κ2) is 3.46.